The van der Waals surface area contributed by atoms with E-state index < -0.39 is 17.7 Å². The largest absolute Gasteiger partial charge is 0.381 e. The van der Waals surface area contributed by atoms with Gasteiger partial charge in [0.05, 0.1) is 6.61 Å². The van der Waals surface area contributed by atoms with Gasteiger partial charge in [0.1, 0.15) is 11.6 Å². The van der Waals surface area contributed by atoms with Gasteiger partial charge in [0.2, 0.25) is 0 Å². The van der Waals surface area contributed by atoms with Gasteiger partial charge in [-0.15, -0.1) is 0 Å². The Hall–Kier alpha value is -1.00. The van der Waals surface area contributed by atoms with E-state index in [-0.39, 0.29) is 11.5 Å². The normalized spacial score (nSPS) is 23.1. The molecule has 1 aromatic carbocycles. The van der Waals surface area contributed by atoms with Gasteiger partial charge in [-0.2, -0.15) is 0 Å². The summed E-state index contributed by atoms with van der Waals surface area (Å²) in [5, 5.41) is 0. The topological polar surface area (TPSA) is 35.2 Å². The average molecular weight is 227 g/mol. The van der Waals surface area contributed by atoms with Crippen molar-refractivity contribution in [3.05, 3.63) is 35.4 Å². The Morgan fingerprint density at radius 3 is 2.56 bits per heavy atom. The first kappa shape index (κ1) is 11.5. The Kier molecular flexibility index (Phi) is 3.51. The number of ether oxygens (including phenoxy) is 1. The molecule has 1 aliphatic rings. The Labute approximate surface area is 93.4 Å². The van der Waals surface area contributed by atoms with Crippen LogP contribution in [0.2, 0.25) is 0 Å². The standard InChI is InChI=1S/C12H15F2NO/c13-9-4-1-5-10(14)11(9)12(15)8-3-2-6-16-7-8/h1,4-5,8,12H,2-3,6-7,15H2. The van der Waals surface area contributed by atoms with E-state index in [0.717, 1.165) is 12.8 Å². The maximum atomic E-state index is 13.5. The first-order valence-corrected chi connectivity index (χ1v) is 5.47. The maximum absolute atomic E-state index is 13.5. The molecule has 1 aliphatic heterocycles. The molecule has 1 fully saturated rings. The van der Waals surface area contributed by atoms with E-state index in [4.69, 9.17) is 10.5 Å². The lowest BCUT2D eigenvalue weighted by Crippen LogP contribution is -2.30. The second-order valence-electron chi connectivity index (χ2n) is 4.14. The van der Waals surface area contributed by atoms with Crippen LogP contribution in [0.25, 0.3) is 0 Å². The molecule has 0 aromatic heterocycles. The highest BCUT2D eigenvalue weighted by Crippen LogP contribution is 2.29. The number of nitrogens with two attached hydrogens (primary N) is 1. The van der Waals surface area contributed by atoms with Crippen molar-refractivity contribution in [1.82, 2.24) is 0 Å². The zero-order valence-corrected chi connectivity index (χ0v) is 8.96. The number of benzene rings is 1. The van der Waals surface area contributed by atoms with Crippen LogP contribution >= 0.6 is 0 Å². The number of halogens is 2. The van der Waals surface area contributed by atoms with Crippen molar-refractivity contribution in [3.8, 4) is 0 Å². The summed E-state index contributed by atoms with van der Waals surface area (Å²) < 4.78 is 32.3. The van der Waals surface area contributed by atoms with Crippen LogP contribution in [-0.4, -0.2) is 13.2 Å². The third-order valence-corrected chi connectivity index (χ3v) is 3.04. The SMILES string of the molecule is NC(c1c(F)cccc1F)C1CCCOC1. The zero-order valence-electron chi connectivity index (χ0n) is 8.96. The monoisotopic (exact) mass is 227 g/mol. The molecule has 1 saturated heterocycles. The molecule has 4 heteroatoms. The third-order valence-electron chi connectivity index (χ3n) is 3.04. The van der Waals surface area contributed by atoms with E-state index in [9.17, 15) is 8.78 Å². The van der Waals surface area contributed by atoms with E-state index in [1.165, 1.54) is 18.2 Å². The molecular weight excluding hydrogens is 212 g/mol. The second-order valence-corrected chi connectivity index (χ2v) is 4.14. The summed E-state index contributed by atoms with van der Waals surface area (Å²) in [5.74, 6) is -1.14. The van der Waals surface area contributed by atoms with Gasteiger partial charge in [-0.1, -0.05) is 6.07 Å². The lowest BCUT2D eigenvalue weighted by molar-refractivity contribution is 0.0438. The smallest absolute Gasteiger partial charge is 0.130 e. The zero-order chi connectivity index (χ0) is 11.5. The van der Waals surface area contributed by atoms with Crippen LogP contribution in [0.4, 0.5) is 8.78 Å². The molecule has 1 aromatic rings. The van der Waals surface area contributed by atoms with Crippen LogP contribution in [0.1, 0.15) is 24.4 Å². The molecule has 88 valence electrons. The summed E-state index contributed by atoms with van der Waals surface area (Å²) in [6.45, 7) is 1.19. The highest BCUT2D eigenvalue weighted by atomic mass is 19.1. The van der Waals surface area contributed by atoms with Gasteiger partial charge in [0.25, 0.3) is 0 Å². The first-order valence-electron chi connectivity index (χ1n) is 5.47. The highest BCUT2D eigenvalue weighted by molar-refractivity contribution is 5.23. The molecule has 16 heavy (non-hydrogen) atoms. The van der Waals surface area contributed by atoms with Crippen molar-refractivity contribution in [2.75, 3.05) is 13.2 Å². The Morgan fingerprint density at radius 1 is 1.31 bits per heavy atom. The molecule has 0 amide bonds. The van der Waals surface area contributed by atoms with Crippen molar-refractivity contribution in [3.63, 3.8) is 0 Å². The predicted octanol–water partition coefficient (Wildman–Crippen LogP) is 2.39. The van der Waals surface area contributed by atoms with Crippen molar-refractivity contribution in [1.29, 1.82) is 0 Å². The molecule has 2 nitrogen and oxygen atoms in total. The third kappa shape index (κ3) is 2.23. The number of hydrogen-bond acceptors (Lipinski definition) is 2. The minimum Gasteiger partial charge on any atom is -0.381 e. The molecule has 0 aliphatic carbocycles. The lowest BCUT2D eigenvalue weighted by atomic mass is 9.89. The average Bonchev–Trinajstić information content (AvgIpc) is 2.30. The van der Waals surface area contributed by atoms with E-state index in [0.29, 0.717) is 13.2 Å². The molecule has 2 N–H and O–H groups in total. The van der Waals surface area contributed by atoms with Crippen molar-refractivity contribution >= 4 is 0 Å². The minimum atomic E-state index is -0.624. The van der Waals surface area contributed by atoms with Crippen molar-refractivity contribution in [2.24, 2.45) is 11.7 Å². The Morgan fingerprint density at radius 2 is 2.00 bits per heavy atom. The molecule has 1 heterocycles. The fourth-order valence-electron chi connectivity index (χ4n) is 2.11. The van der Waals surface area contributed by atoms with Crippen LogP contribution in [0.3, 0.4) is 0 Å². The summed E-state index contributed by atoms with van der Waals surface area (Å²) in [6.07, 6.45) is 1.75. The summed E-state index contributed by atoms with van der Waals surface area (Å²) in [7, 11) is 0. The maximum Gasteiger partial charge on any atom is 0.130 e. The van der Waals surface area contributed by atoms with Gasteiger partial charge in [0.15, 0.2) is 0 Å². The Bertz CT molecular complexity index is 344. The van der Waals surface area contributed by atoms with Gasteiger partial charge < -0.3 is 10.5 Å². The lowest BCUT2D eigenvalue weighted by Gasteiger charge is -2.28. The van der Waals surface area contributed by atoms with Crippen LogP contribution in [0.15, 0.2) is 18.2 Å². The molecule has 0 bridgehead atoms. The summed E-state index contributed by atoms with van der Waals surface area (Å²) >= 11 is 0. The summed E-state index contributed by atoms with van der Waals surface area (Å²) in [4.78, 5) is 0. The Balaban J connectivity index is 2.22. The highest BCUT2D eigenvalue weighted by Gasteiger charge is 2.26. The van der Waals surface area contributed by atoms with E-state index in [2.05, 4.69) is 0 Å². The fraction of sp³-hybridized carbons (Fsp3) is 0.500. The van der Waals surface area contributed by atoms with E-state index in [1.807, 2.05) is 0 Å². The fourth-order valence-corrected chi connectivity index (χ4v) is 2.11. The van der Waals surface area contributed by atoms with Crippen LogP contribution in [0, 0.1) is 17.6 Å². The van der Waals surface area contributed by atoms with Gasteiger partial charge >= 0.3 is 0 Å². The summed E-state index contributed by atoms with van der Waals surface area (Å²) in [5.41, 5.74) is 5.90. The van der Waals surface area contributed by atoms with Crippen LogP contribution in [0.5, 0.6) is 0 Å². The van der Waals surface area contributed by atoms with Crippen LogP contribution in [-0.2, 0) is 4.74 Å². The van der Waals surface area contributed by atoms with Crippen molar-refractivity contribution in [2.45, 2.75) is 18.9 Å². The minimum absolute atomic E-state index is 0.000139. The number of hydrogen-bond donors (Lipinski definition) is 1. The molecule has 2 unspecified atom stereocenters. The first-order chi connectivity index (χ1) is 7.70. The van der Waals surface area contributed by atoms with Crippen LogP contribution < -0.4 is 5.73 Å². The van der Waals surface area contributed by atoms with Gasteiger partial charge in [-0.05, 0) is 25.0 Å². The van der Waals surface area contributed by atoms with Gasteiger partial charge in [-0.25, -0.2) is 8.78 Å². The quantitative estimate of drug-likeness (QED) is 0.842. The van der Waals surface area contributed by atoms with Gasteiger partial charge in [-0.3, -0.25) is 0 Å². The molecular formula is C12H15F2NO. The summed E-state index contributed by atoms with van der Waals surface area (Å²) in [6, 6.07) is 3.20. The predicted molar refractivity (Wildman–Crippen MR) is 56.8 cm³/mol. The second kappa shape index (κ2) is 4.89. The molecule has 0 saturated carbocycles. The van der Waals surface area contributed by atoms with E-state index >= 15 is 0 Å². The van der Waals surface area contributed by atoms with E-state index in [1.54, 1.807) is 0 Å². The molecule has 2 atom stereocenters. The molecule has 0 radical (unpaired) electrons. The molecule has 2 rings (SSSR count). The molecule has 0 spiro atoms. The van der Waals surface area contributed by atoms with Crippen molar-refractivity contribution < 1.29 is 13.5 Å². The number of rotatable bonds is 2. The van der Waals surface area contributed by atoms with Gasteiger partial charge in [0, 0.05) is 24.1 Å².